The number of pyridine rings is 6. The molecule has 0 unspecified atom stereocenters. The third-order valence-electron chi connectivity index (χ3n) is 11.4. The van der Waals surface area contributed by atoms with Crippen LogP contribution in [0.5, 0.6) is 0 Å². The Morgan fingerprint density at radius 2 is 0.745 bits per heavy atom. The van der Waals surface area contributed by atoms with E-state index in [0.29, 0.717) is 0 Å². The van der Waals surface area contributed by atoms with Gasteiger partial charge in [-0.25, -0.2) is 0 Å². The maximum Gasteiger partial charge on any atom is 0.0548 e. The lowest BCUT2D eigenvalue weighted by Crippen LogP contribution is -1.94. The Hall–Kier alpha value is -5.10. The van der Waals surface area contributed by atoms with Gasteiger partial charge in [0.1, 0.15) is 0 Å². The largest absolute Gasteiger partial charge is 0.260 e. The van der Waals surface area contributed by atoms with Crippen LogP contribution in [-0.2, 0) is 19.3 Å². The average molecular weight is 673 g/mol. The standard InChI is InChI=1S/3C15H16N2/c1-8-6-16-12-5-13-15(14(12)10(8)3)11(4)9(2)7-17-13;1-8-5-12-13(17-11(8)4)6-14-15(12)10(3)9(2)7-16-14;1-8-5-10(3)17-13-6-12-15(14(8)13)11(4)9(2)7-16-12/h6-7H,5H2,1-4H3;2*5,7H,6H2,1-4H3. The zero-order chi connectivity index (χ0) is 36.5. The second kappa shape index (κ2) is 12.9. The first kappa shape index (κ1) is 34.4. The predicted molar refractivity (Wildman–Crippen MR) is 208 cm³/mol. The second-order valence-corrected chi connectivity index (χ2v) is 14.9. The monoisotopic (exact) mass is 672 g/mol. The van der Waals surface area contributed by atoms with E-state index in [9.17, 15) is 0 Å². The topological polar surface area (TPSA) is 77.3 Å². The SMILES string of the molecule is Cc1cc(C)c2c(n1)Cc1ncc(C)c(C)c1-2.Cc1cc2c(nc1C)Cc1ncc(C)c(C)c1-2.Cc1cnc2c(c1C)-c1c(ncc(C)c1C)C2. The van der Waals surface area contributed by atoms with Crippen molar-refractivity contribution in [2.45, 2.75) is 102 Å². The number of hydrogen-bond acceptors (Lipinski definition) is 6. The number of aromatic nitrogens is 6. The van der Waals surface area contributed by atoms with Crippen LogP contribution in [0.2, 0.25) is 0 Å². The maximum atomic E-state index is 4.70. The Kier molecular flexibility index (Phi) is 8.69. The Morgan fingerprint density at radius 1 is 0.353 bits per heavy atom. The van der Waals surface area contributed by atoms with E-state index >= 15 is 0 Å². The molecule has 0 aromatic carbocycles. The van der Waals surface area contributed by atoms with Gasteiger partial charge in [-0.3, -0.25) is 29.9 Å². The molecule has 6 heterocycles. The Balaban J connectivity index is 0.000000119. The zero-order valence-electron chi connectivity index (χ0n) is 32.3. The van der Waals surface area contributed by atoms with E-state index in [2.05, 4.69) is 120 Å². The van der Waals surface area contributed by atoms with Crippen molar-refractivity contribution in [3.63, 3.8) is 0 Å². The molecule has 6 nitrogen and oxygen atoms in total. The summed E-state index contributed by atoms with van der Waals surface area (Å²) in [6.45, 7) is 25.7. The fraction of sp³-hybridized carbons (Fsp3) is 0.333. The van der Waals surface area contributed by atoms with Gasteiger partial charge in [0, 0.05) is 88.8 Å². The van der Waals surface area contributed by atoms with Crippen molar-refractivity contribution in [3.8, 4) is 33.4 Å². The zero-order valence-corrected chi connectivity index (χ0v) is 32.3. The minimum atomic E-state index is 0.882. The highest BCUT2D eigenvalue weighted by atomic mass is 14.8. The van der Waals surface area contributed by atoms with Gasteiger partial charge in [0.15, 0.2) is 0 Å². The van der Waals surface area contributed by atoms with Gasteiger partial charge in [0.2, 0.25) is 0 Å². The molecule has 6 heteroatoms. The number of aryl methyl sites for hydroxylation is 8. The molecule has 0 aliphatic heterocycles. The molecule has 51 heavy (non-hydrogen) atoms. The van der Waals surface area contributed by atoms with E-state index in [4.69, 9.17) is 4.98 Å². The summed E-state index contributed by atoms with van der Waals surface area (Å²) in [7, 11) is 0. The highest BCUT2D eigenvalue weighted by Gasteiger charge is 2.27. The van der Waals surface area contributed by atoms with Crippen LogP contribution in [0.1, 0.15) is 101 Å². The molecule has 0 bridgehead atoms. The van der Waals surface area contributed by atoms with Crippen LogP contribution in [0.15, 0.2) is 36.9 Å². The van der Waals surface area contributed by atoms with Gasteiger partial charge in [0.25, 0.3) is 0 Å². The highest BCUT2D eigenvalue weighted by molar-refractivity contribution is 5.82. The molecule has 0 amide bonds. The van der Waals surface area contributed by atoms with E-state index in [1.54, 1.807) is 0 Å². The Morgan fingerprint density at radius 3 is 1.24 bits per heavy atom. The normalized spacial score (nSPS) is 12.5. The first-order valence-corrected chi connectivity index (χ1v) is 18.0. The number of nitrogens with zero attached hydrogens (tertiary/aromatic N) is 6. The first-order chi connectivity index (χ1) is 24.2. The number of rotatable bonds is 0. The van der Waals surface area contributed by atoms with E-state index < -0.39 is 0 Å². The minimum absolute atomic E-state index is 0.882. The van der Waals surface area contributed by atoms with Crippen molar-refractivity contribution in [2.24, 2.45) is 0 Å². The molecule has 0 fully saturated rings. The van der Waals surface area contributed by atoms with Gasteiger partial charge < -0.3 is 0 Å². The third-order valence-corrected chi connectivity index (χ3v) is 11.4. The highest BCUT2D eigenvalue weighted by Crippen LogP contribution is 2.42. The fourth-order valence-corrected chi connectivity index (χ4v) is 7.85. The molecule has 6 aromatic rings. The molecule has 0 atom stereocenters. The summed E-state index contributed by atoms with van der Waals surface area (Å²) < 4.78 is 0. The van der Waals surface area contributed by atoms with Crippen LogP contribution in [0.4, 0.5) is 0 Å². The molecule has 9 rings (SSSR count). The van der Waals surface area contributed by atoms with Crippen molar-refractivity contribution in [1.82, 2.24) is 29.9 Å². The molecular formula is C45H48N6. The first-order valence-electron chi connectivity index (χ1n) is 18.0. The Labute approximate surface area is 303 Å². The molecule has 0 radical (unpaired) electrons. The summed E-state index contributed by atoms with van der Waals surface area (Å²) in [6, 6.07) is 4.42. The minimum Gasteiger partial charge on any atom is -0.260 e. The van der Waals surface area contributed by atoms with Crippen molar-refractivity contribution in [2.75, 3.05) is 0 Å². The van der Waals surface area contributed by atoms with Gasteiger partial charge in [0.05, 0.1) is 34.2 Å². The smallest absolute Gasteiger partial charge is 0.0548 e. The van der Waals surface area contributed by atoms with Crippen LogP contribution in [-0.4, -0.2) is 29.9 Å². The summed E-state index contributed by atoms with van der Waals surface area (Å²) >= 11 is 0. The number of hydrogen-bond donors (Lipinski definition) is 0. The second-order valence-electron chi connectivity index (χ2n) is 14.9. The quantitative estimate of drug-likeness (QED) is 0.160. The van der Waals surface area contributed by atoms with Crippen molar-refractivity contribution >= 4 is 0 Å². The summed E-state index contributed by atoms with van der Waals surface area (Å²) in [6.07, 6.45) is 10.5. The molecule has 0 spiro atoms. The molecule has 3 aliphatic carbocycles. The van der Waals surface area contributed by atoms with Crippen LogP contribution in [0, 0.1) is 83.1 Å². The van der Waals surface area contributed by atoms with Gasteiger partial charge in [-0.1, -0.05) is 0 Å². The van der Waals surface area contributed by atoms with Crippen molar-refractivity contribution in [1.29, 1.82) is 0 Å². The van der Waals surface area contributed by atoms with Crippen LogP contribution in [0.3, 0.4) is 0 Å². The fourth-order valence-electron chi connectivity index (χ4n) is 7.85. The van der Waals surface area contributed by atoms with Crippen molar-refractivity contribution in [3.05, 3.63) is 138 Å². The lowest BCUT2D eigenvalue weighted by Gasteiger charge is -2.11. The van der Waals surface area contributed by atoms with Gasteiger partial charge in [-0.2, -0.15) is 0 Å². The van der Waals surface area contributed by atoms with Gasteiger partial charge in [-0.05, 0) is 151 Å². The van der Waals surface area contributed by atoms with E-state index in [0.717, 1.165) is 30.7 Å². The molecule has 3 aliphatic rings. The Bertz CT molecular complexity index is 2360. The van der Waals surface area contributed by atoms with Crippen LogP contribution >= 0.6 is 0 Å². The molecular weight excluding hydrogens is 625 g/mol. The summed E-state index contributed by atoms with van der Waals surface area (Å²) in [5.41, 5.74) is 30.3. The average Bonchev–Trinajstić information content (AvgIpc) is 3.77. The molecule has 0 saturated heterocycles. The van der Waals surface area contributed by atoms with Crippen LogP contribution < -0.4 is 0 Å². The molecule has 6 aromatic heterocycles. The molecule has 0 N–H and O–H groups in total. The lowest BCUT2D eigenvalue weighted by atomic mass is 9.96. The van der Waals surface area contributed by atoms with Crippen LogP contribution in [0.25, 0.3) is 33.4 Å². The van der Waals surface area contributed by atoms with E-state index in [1.165, 1.54) is 123 Å². The van der Waals surface area contributed by atoms with Crippen molar-refractivity contribution < 1.29 is 0 Å². The predicted octanol–water partition coefficient (Wildman–Crippen LogP) is 9.84. The number of fused-ring (bicyclic) bond motifs is 9. The molecule has 0 saturated carbocycles. The lowest BCUT2D eigenvalue weighted by molar-refractivity contribution is 1.02. The summed E-state index contributed by atoms with van der Waals surface area (Å²) in [5.74, 6) is 0. The summed E-state index contributed by atoms with van der Waals surface area (Å²) in [4.78, 5) is 27.6. The van der Waals surface area contributed by atoms with Gasteiger partial charge >= 0.3 is 0 Å². The third kappa shape index (κ3) is 5.85. The maximum absolute atomic E-state index is 4.70. The van der Waals surface area contributed by atoms with E-state index in [-0.39, 0.29) is 0 Å². The van der Waals surface area contributed by atoms with Gasteiger partial charge in [-0.15, -0.1) is 0 Å². The summed E-state index contributed by atoms with van der Waals surface area (Å²) in [5, 5.41) is 0. The van der Waals surface area contributed by atoms with E-state index in [1.807, 2.05) is 24.8 Å². The molecule has 258 valence electrons.